The van der Waals surface area contributed by atoms with Gasteiger partial charge in [0.1, 0.15) is 5.82 Å². The van der Waals surface area contributed by atoms with Crippen LogP contribution in [0.3, 0.4) is 0 Å². The van der Waals surface area contributed by atoms with Gasteiger partial charge in [-0.15, -0.1) is 5.10 Å². The normalized spacial score (nSPS) is 12.3. The lowest BCUT2D eigenvalue weighted by Crippen LogP contribution is -2.17. The topological polar surface area (TPSA) is 80.9 Å². The van der Waals surface area contributed by atoms with Crippen LogP contribution in [-0.4, -0.2) is 31.3 Å². The molecule has 0 aliphatic carbocycles. The average molecular weight is 292 g/mol. The first-order valence-corrected chi connectivity index (χ1v) is 6.79. The Hall–Kier alpha value is -2.31. The zero-order chi connectivity index (χ0) is 15.2. The van der Waals surface area contributed by atoms with E-state index < -0.39 is 5.97 Å². The summed E-state index contributed by atoms with van der Waals surface area (Å²) in [6.07, 6.45) is 1.31. The third kappa shape index (κ3) is 4.34. The molecule has 0 bridgehead atoms. The number of carboxylic acid groups (broad SMARTS) is 1. The van der Waals surface area contributed by atoms with E-state index in [0.29, 0.717) is 18.8 Å². The molecule has 1 atom stereocenters. The summed E-state index contributed by atoms with van der Waals surface area (Å²) in [6.45, 7) is 2.41. The Morgan fingerprint density at radius 2 is 2.10 bits per heavy atom. The number of hydrogen-bond donors (Lipinski definition) is 1. The lowest BCUT2D eigenvalue weighted by molar-refractivity contribution is -0.138. The molecule has 7 heteroatoms. The highest BCUT2D eigenvalue weighted by Gasteiger charge is 2.15. The van der Waals surface area contributed by atoms with Crippen molar-refractivity contribution < 1.29 is 14.3 Å². The van der Waals surface area contributed by atoms with Gasteiger partial charge in [0.15, 0.2) is 5.82 Å². The molecule has 1 heterocycles. The molecule has 1 unspecified atom stereocenters. The van der Waals surface area contributed by atoms with Crippen LogP contribution in [0.2, 0.25) is 0 Å². The highest BCUT2D eigenvalue weighted by atomic mass is 19.1. The number of hydrogen-bond acceptors (Lipinski definition) is 4. The van der Waals surface area contributed by atoms with Crippen LogP contribution >= 0.6 is 0 Å². The van der Waals surface area contributed by atoms with Crippen molar-refractivity contribution in [2.45, 2.75) is 32.7 Å². The molecule has 0 radical (unpaired) electrons. The largest absolute Gasteiger partial charge is 0.481 e. The fourth-order valence-electron chi connectivity index (χ4n) is 2.11. The number of nitrogens with zero attached hydrogens (tertiary/aromatic N) is 4. The van der Waals surface area contributed by atoms with Gasteiger partial charge in [-0.3, -0.25) is 4.79 Å². The fraction of sp³-hybridized carbons (Fsp3) is 0.429. The van der Waals surface area contributed by atoms with Crippen molar-refractivity contribution in [2.24, 2.45) is 5.92 Å². The minimum absolute atomic E-state index is 0.0158. The molecule has 6 nitrogen and oxygen atoms in total. The summed E-state index contributed by atoms with van der Waals surface area (Å²) in [4.78, 5) is 10.8. The van der Waals surface area contributed by atoms with Crippen LogP contribution in [0.4, 0.5) is 4.39 Å². The SMILES string of the molecule is CCC(CC(=O)O)Cn1nnnc1Cc1ccc(F)cc1. The highest BCUT2D eigenvalue weighted by molar-refractivity contribution is 5.66. The van der Waals surface area contributed by atoms with Gasteiger partial charge in [-0.2, -0.15) is 0 Å². The van der Waals surface area contributed by atoms with Gasteiger partial charge in [0, 0.05) is 19.4 Å². The van der Waals surface area contributed by atoms with Gasteiger partial charge < -0.3 is 5.11 Å². The number of halogens is 1. The number of aromatic nitrogens is 4. The summed E-state index contributed by atoms with van der Waals surface area (Å²) >= 11 is 0. The van der Waals surface area contributed by atoms with E-state index in [-0.39, 0.29) is 18.2 Å². The molecule has 112 valence electrons. The van der Waals surface area contributed by atoms with Crippen molar-refractivity contribution in [3.8, 4) is 0 Å². The van der Waals surface area contributed by atoms with E-state index in [2.05, 4.69) is 15.5 Å². The molecule has 0 spiro atoms. The maximum Gasteiger partial charge on any atom is 0.303 e. The summed E-state index contributed by atoms with van der Waals surface area (Å²) in [7, 11) is 0. The number of carboxylic acids is 1. The van der Waals surface area contributed by atoms with Gasteiger partial charge >= 0.3 is 5.97 Å². The minimum atomic E-state index is -0.824. The van der Waals surface area contributed by atoms with Crippen LogP contribution in [-0.2, 0) is 17.8 Å². The van der Waals surface area contributed by atoms with E-state index in [1.807, 2.05) is 6.92 Å². The van der Waals surface area contributed by atoms with Gasteiger partial charge in [0.2, 0.25) is 0 Å². The van der Waals surface area contributed by atoms with Crippen molar-refractivity contribution in [3.63, 3.8) is 0 Å². The number of benzene rings is 1. The van der Waals surface area contributed by atoms with Gasteiger partial charge in [-0.25, -0.2) is 9.07 Å². The monoisotopic (exact) mass is 292 g/mol. The van der Waals surface area contributed by atoms with Crippen LogP contribution in [0.15, 0.2) is 24.3 Å². The Morgan fingerprint density at radius 1 is 1.38 bits per heavy atom. The first-order chi connectivity index (χ1) is 10.1. The Bertz CT molecular complexity index is 597. The van der Waals surface area contributed by atoms with E-state index in [1.54, 1.807) is 16.8 Å². The Morgan fingerprint density at radius 3 is 2.71 bits per heavy atom. The van der Waals surface area contributed by atoms with Gasteiger partial charge in [0.25, 0.3) is 0 Å². The molecule has 1 aromatic carbocycles. The van der Waals surface area contributed by atoms with Crippen LogP contribution < -0.4 is 0 Å². The fourth-order valence-corrected chi connectivity index (χ4v) is 2.11. The predicted octanol–water partition coefficient (Wildman–Crippen LogP) is 1.90. The van der Waals surface area contributed by atoms with Crippen LogP contribution in [0, 0.1) is 11.7 Å². The van der Waals surface area contributed by atoms with Crippen molar-refractivity contribution >= 4 is 5.97 Å². The summed E-state index contributed by atoms with van der Waals surface area (Å²) in [5.74, 6) is -0.482. The first-order valence-electron chi connectivity index (χ1n) is 6.79. The van der Waals surface area contributed by atoms with Gasteiger partial charge in [0.05, 0.1) is 0 Å². The second-order valence-electron chi connectivity index (χ2n) is 4.95. The average Bonchev–Trinajstić information content (AvgIpc) is 2.87. The zero-order valence-electron chi connectivity index (χ0n) is 11.7. The van der Waals surface area contributed by atoms with E-state index in [9.17, 15) is 9.18 Å². The molecule has 0 saturated heterocycles. The van der Waals surface area contributed by atoms with Crippen molar-refractivity contribution in [3.05, 3.63) is 41.5 Å². The van der Waals surface area contributed by atoms with Crippen LogP contribution in [0.1, 0.15) is 31.2 Å². The molecule has 21 heavy (non-hydrogen) atoms. The molecule has 0 aliphatic rings. The molecular formula is C14H17FN4O2. The lowest BCUT2D eigenvalue weighted by Gasteiger charge is -2.13. The second-order valence-corrected chi connectivity index (χ2v) is 4.95. The molecule has 0 amide bonds. The summed E-state index contributed by atoms with van der Waals surface area (Å²) in [5.41, 5.74) is 0.902. The maximum atomic E-state index is 12.9. The number of rotatable bonds is 7. The van der Waals surface area contributed by atoms with Crippen LogP contribution in [0.25, 0.3) is 0 Å². The van der Waals surface area contributed by atoms with Crippen molar-refractivity contribution in [1.82, 2.24) is 20.2 Å². The van der Waals surface area contributed by atoms with E-state index >= 15 is 0 Å². The number of aliphatic carboxylic acids is 1. The lowest BCUT2D eigenvalue weighted by atomic mass is 10.0. The summed E-state index contributed by atoms with van der Waals surface area (Å²) in [5, 5.41) is 20.4. The molecule has 0 aliphatic heterocycles. The highest BCUT2D eigenvalue weighted by Crippen LogP contribution is 2.13. The van der Waals surface area contributed by atoms with Gasteiger partial charge in [-0.1, -0.05) is 25.5 Å². The molecule has 2 rings (SSSR count). The summed E-state index contributed by atoms with van der Waals surface area (Å²) < 4.78 is 14.5. The summed E-state index contributed by atoms with van der Waals surface area (Å²) in [6, 6.07) is 6.15. The van der Waals surface area contributed by atoms with E-state index in [4.69, 9.17) is 5.11 Å². The van der Waals surface area contributed by atoms with Crippen molar-refractivity contribution in [2.75, 3.05) is 0 Å². The molecule has 2 aromatic rings. The molecule has 0 saturated carbocycles. The number of tetrazole rings is 1. The smallest absolute Gasteiger partial charge is 0.303 e. The first kappa shape index (κ1) is 15.1. The maximum absolute atomic E-state index is 12.9. The minimum Gasteiger partial charge on any atom is -0.481 e. The third-order valence-corrected chi connectivity index (χ3v) is 3.35. The molecule has 0 fully saturated rings. The standard InChI is InChI=1S/C14H17FN4O2/c1-2-10(8-14(20)21)9-19-13(16-17-18-19)7-11-3-5-12(15)6-4-11/h3-6,10H,2,7-9H2,1H3,(H,20,21). The van der Waals surface area contributed by atoms with Crippen molar-refractivity contribution in [1.29, 1.82) is 0 Å². The number of carbonyl (C=O) groups is 1. The zero-order valence-corrected chi connectivity index (χ0v) is 11.7. The van der Waals surface area contributed by atoms with Gasteiger partial charge in [-0.05, 0) is 34.0 Å². The Balaban J connectivity index is 2.07. The van der Waals surface area contributed by atoms with E-state index in [0.717, 1.165) is 12.0 Å². The molecule has 1 aromatic heterocycles. The predicted molar refractivity (Wildman–Crippen MR) is 73.1 cm³/mol. The quantitative estimate of drug-likeness (QED) is 0.843. The van der Waals surface area contributed by atoms with E-state index in [1.165, 1.54) is 12.1 Å². The molecular weight excluding hydrogens is 275 g/mol. The second kappa shape index (κ2) is 6.92. The van der Waals surface area contributed by atoms with Crippen LogP contribution in [0.5, 0.6) is 0 Å². The molecule has 1 N–H and O–H groups in total. The Labute approximate surface area is 121 Å². The third-order valence-electron chi connectivity index (χ3n) is 3.35. The Kier molecular flexibility index (Phi) is 4.97.